The molecule has 0 aliphatic carbocycles. The van der Waals surface area contributed by atoms with E-state index in [2.05, 4.69) is 10.6 Å². The van der Waals surface area contributed by atoms with Gasteiger partial charge in [0.2, 0.25) is 0 Å². The van der Waals surface area contributed by atoms with E-state index in [1.807, 2.05) is 19.9 Å². The molecule has 0 aliphatic heterocycles. The fourth-order valence-electron chi connectivity index (χ4n) is 2.38. The number of benzene rings is 2. The standard InChI is InChI=1S/C21H24N2O4/c1-14(2)12-22-20(25)17-10-6-7-11-18(17)23-19(24)13-27-21(26)16-9-5-4-8-15(16)3/h4-11,14H,12-13H2,1-3H3,(H,22,25)(H,23,24). The number of esters is 1. The maximum Gasteiger partial charge on any atom is 0.338 e. The number of amides is 2. The first-order valence-corrected chi connectivity index (χ1v) is 8.78. The van der Waals surface area contributed by atoms with Gasteiger partial charge in [-0.2, -0.15) is 0 Å². The van der Waals surface area contributed by atoms with Crippen LogP contribution < -0.4 is 10.6 Å². The average molecular weight is 368 g/mol. The van der Waals surface area contributed by atoms with Crippen LogP contribution in [0, 0.1) is 12.8 Å². The van der Waals surface area contributed by atoms with E-state index in [9.17, 15) is 14.4 Å². The van der Waals surface area contributed by atoms with Gasteiger partial charge >= 0.3 is 5.97 Å². The van der Waals surface area contributed by atoms with Gasteiger partial charge in [0, 0.05) is 6.54 Å². The monoisotopic (exact) mass is 368 g/mol. The van der Waals surface area contributed by atoms with Crippen LogP contribution in [0.4, 0.5) is 5.69 Å². The molecule has 2 aromatic rings. The van der Waals surface area contributed by atoms with Crippen LogP contribution in [-0.4, -0.2) is 30.9 Å². The summed E-state index contributed by atoms with van der Waals surface area (Å²) in [5, 5.41) is 5.44. The lowest BCUT2D eigenvalue weighted by molar-refractivity contribution is -0.119. The summed E-state index contributed by atoms with van der Waals surface area (Å²) in [7, 11) is 0. The second kappa shape index (κ2) is 9.52. The zero-order valence-corrected chi connectivity index (χ0v) is 15.7. The van der Waals surface area contributed by atoms with Gasteiger partial charge in [-0.15, -0.1) is 0 Å². The number of anilines is 1. The summed E-state index contributed by atoms with van der Waals surface area (Å²) in [6.45, 7) is 5.89. The van der Waals surface area contributed by atoms with Gasteiger partial charge in [-0.25, -0.2) is 4.79 Å². The number of para-hydroxylation sites is 1. The van der Waals surface area contributed by atoms with Crippen molar-refractivity contribution in [2.45, 2.75) is 20.8 Å². The minimum atomic E-state index is -0.564. The molecular formula is C21H24N2O4. The summed E-state index contributed by atoms with van der Waals surface area (Å²) in [4.78, 5) is 36.5. The molecule has 0 atom stereocenters. The van der Waals surface area contributed by atoms with Gasteiger partial charge in [0.1, 0.15) is 0 Å². The van der Waals surface area contributed by atoms with Crippen molar-refractivity contribution in [2.75, 3.05) is 18.5 Å². The molecular weight excluding hydrogens is 344 g/mol. The van der Waals surface area contributed by atoms with Crippen molar-refractivity contribution >= 4 is 23.5 Å². The first-order valence-electron chi connectivity index (χ1n) is 8.78. The highest BCUT2D eigenvalue weighted by atomic mass is 16.5. The summed E-state index contributed by atoms with van der Waals surface area (Å²) >= 11 is 0. The molecule has 6 heteroatoms. The molecule has 0 radical (unpaired) electrons. The van der Waals surface area contributed by atoms with Crippen molar-refractivity contribution < 1.29 is 19.1 Å². The van der Waals surface area contributed by atoms with Crippen LogP contribution in [0.3, 0.4) is 0 Å². The molecule has 0 bridgehead atoms. The van der Waals surface area contributed by atoms with Crippen LogP contribution in [0.15, 0.2) is 48.5 Å². The Morgan fingerprint density at radius 3 is 2.26 bits per heavy atom. The number of carbonyl (C=O) groups is 3. The molecule has 0 aliphatic rings. The first-order chi connectivity index (χ1) is 12.9. The fourth-order valence-corrected chi connectivity index (χ4v) is 2.38. The molecule has 27 heavy (non-hydrogen) atoms. The van der Waals surface area contributed by atoms with E-state index < -0.39 is 18.5 Å². The quantitative estimate of drug-likeness (QED) is 0.735. The highest BCUT2D eigenvalue weighted by Gasteiger charge is 2.15. The van der Waals surface area contributed by atoms with Crippen LogP contribution in [0.25, 0.3) is 0 Å². The second-order valence-corrected chi connectivity index (χ2v) is 6.59. The Labute approximate surface area is 158 Å². The van der Waals surface area contributed by atoms with E-state index >= 15 is 0 Å². The summed E-state index contributed by atoms with van der Waals surface area (Å²) in [6, 6.07) is 13.7. The lowest BCUT2D eigenvalue weighted by Gasteiger charge is -2.13. The predicted octanol–water partition coefficient (Wildman–Crippen LogP) is 3.18. The Bertz CT molecular complexity index is 830. The van der Waals surface area contributed by atoms with Crippen LogP contribution in [0.2, 0.25) is 0 Å². The molecule has 2 rings (SSSR count). The Kier molecular flexibility index (Phi) is 7.11. The molecule has 0 heterocycles. The number of nitrogens with one attached hydrogen (secondary N) is 2. The Balaban J connectivity index is 1.97. The van der Waals surface area contributed by atoms with Gasteiger partial charge in [0.15, 0.2) is 6.61 Å². The van der Waals surface area contributed by atoms with Crippen molar-refractivity contribution in [3.8, 4) is 0 Å². The fraction of sp³-hybridized carbons (Fsp3) is 0.286. The smallest absolute Gasteiger partial charge is 0.338 e. The van der Waals surface area contributed by atoms with Crippen molar-refractivity contribution in [1.82, 2.24) is 5.32 Å². The van der Waals surface area contributed by atoms with Crippen LogP contribution in [0.1, 0.15) is 40.1 Å². The topological polar surface area (TPSA) is 84.5 Å². The Morgan fingerprint density at radius 2 is 1.59 bits per heavy atom. The molecule has 0 aromatic heterocycles. The van der Waals surface area contributed by atoms with E-state index in [1.165, 1.54) is 0 Å². The average Bonchev–Trinajstić information content (AvgIpc) is 2.65. The number of rotatable bonds is 7. The molecule has 0 saturated carbocycles. The molecule has 0 unspecified atom stereocenters. The minimum absolute atomic E-state index is 0.267. The van der Waals surface area contributed by atoms with Gasteiger partial charge < -0.3 is 15.4 Å². The van der Waals surface area contributed by atoms with Gasteiger partial charge in [-0.05, 0) is 36.6 Å². The second-order valence-electron chi connectivity index (χ2n) is 6.59. The number of aryl methyl sites for hydroxylation is 1. The predicted molar refractivity (Wildman–Crippen MR) is 104 cm³/mol. The molecule has 2 amide bonds. The largest absolute Gasteiger partial charge is 0.452 e. The third-order valence-corrected chi connectivity index (χ3v) is 3.82. The van der Waals surface area contributed by atoms with Crippen LogP contribution in [-0.2, 0) is 9.53 Å². The number of ether oxygens (including phenoxy) is 1. The highest BCUT2D eigenvalue weighted by molar-refractivity contribution is 6.04. The molecule has 0 spiro atoms. The van der Waals surface area contributed by atoms with Crippen molar-refractivity contribution in [2.24, 2.45) is 5.92 Å². The zero-order valence-electron chi connectivity index (χ0n) is 15.7. The molecule has 0 saturated heterocycles. The summed E-state index contributed by atoms with van der Waals surface area (Å²) in [6.07, 6.45) is 0. The SMILES string of the molecule is Cc1ccccc1C(=O)OCC(=O)Nc1ccccc1C(=O)NCC(C)C. The van der Waals surface area contributed by atoms with E-state index in [0.717, 1.165) is 5.56 Å². The van der Waals surface area contributed by atoms with Crippen LogP contribution >= 0.6 is 0 Å². The summed E-state index contributed by atoms with van der Waals surface area (Å²) in [5.41, 5.74) is 1.92. The third-order valence-electron chi connectivity index (χ3n) is 3.82. The molecule has 142 valence electrons. The van der Waals surface area contributed by atoms with Crippen LogP contribution in [0.5, 0.6) is 0 Å². The first kappa shape index (κ1) is 20.2. The van der Waals surface area contributed by atoms with Crippen molar-refractivity contribution in [3.05, 3.63) is 65.2 Å². The minimum Gasteiger partial charge on any atom is -0.452 e. The van der Waals surface area contributed by atoms with Gasteiger partial charge in [0.25, 0.3) is 11.8 Å². The van der Waals surface area contributed by atoms with Gasteiger partial charge in [-0.1, -0.05) is 44.2 Å². The molecule has 2 aromatic carbocycles. The van der Waals surface area contributed by atoms with Gasteiger partial charge in [-0.3, -0.25) is 9.59 Å². The normalized spacial score (nSPS) is 10.4. The maximum absolute atomic E-state index is 12.3. The van der Waals surface area contributed by atoms with Crippen molar-refractivity contribution in [1.29, 1.82) is 0 Å². The van der Waals surface area contributed by atoms with E-state index in [4.69, 9.17) is 4.74 Å². The van der Waals surface area contributed by atoms with E-state index in [0.29, 0.717) is 29.3 Å². The Hall–Kier alpha value is -3.15. The molecule has 6 nitrogen and oxygen atoms in total. The molecule has 2 N–H and O–H groups in total. The number of hydrogen-bond donors (Lipinski definition) is 2. The lowest BCUT2D eigenvalue weighted by atomic mass is 10.1. The highest BCUT2D eigenvalue weighted by Crippen LogP contribution is 2.15. The van der Waals surface area contributed by atoms with E-state index in [-0.39, 0.29) is 5.91 Å². The summed E-state index contributed by atoms with van der Waals surface area (Å²) in [5.74, 6) is -1.03. The summed E-state index contributed by atoms with van der Waals surface area (Å²) < 4.78 is 5.07. The lowest BCUT2D eigenvalue weighted by Crippen LogP contribution is -2.29. The zero-order chi connectivity index (χ0) is 19.8. The van der Waals surface area contributed by atoms with E-state index in [1.54, 1.807) is 49.4 Å². The molecule has 0 fully saturated rings. The van der Waals surface area contributed by atoms with Crippen molar-refractivity contribution in [3.63, 3.8) is 0 Å². The van der Waals surface area contributed by atoms with Gasteiger partial charge in [0.05, 0.1) is 16.8 Å². The number of carbonyl (C=O) groups excluding carboxylic acids is 3. The Morgan fingerprint density at radius 1 is 0.963 bits per heavy atom. The third kappa shape index (κ3) is 5.95. The maximum atomic E-state index is 12.3. The number of hydrogen-bond acceptors (Lipinski definition) is 4.